The maximum absolute atomic E-state index is 5.23. The molecule has 2 heterocycles. The van der Waals surface area contributed by atoms with Gasteiger partial charge in [-0.1, -0.05) is 24.8 Å². The highest BCUT2D eigenvalue weighted by molar-refractivity contribution is 7.98. The molecule has 0 aliphatic carbocycles. The zero-order valence-electron chi connectivity index (χ0n) is 11.6. The van der Waals surface area contributed by atoms with Crippen LogP contribution in [0.25, 0.3) is 0 Å². The number of pyridine rings is 1. The number of nitrogens with one attached hydrogen (secondary N) is 1. The van der Waals surface area contributed by atoms with Gasteiger partial charge in [-0.25, -0.2) is 9.67 Å². The number of tetrazole rings is 1. The molecule has 7 nitrogen and oxygen atoms in total. The predicted molar refractivity (Wildman–Crippen MR) is 76.7 cm³/mol. The number of ether oxygens (including phenoxy) is 1. The minimum Gasteiger partial charge on any atom is -0.481 e. The van der Waals surface area contributed by atoms with Gasteiger partial charge in [0.25, 0.3) is 0 Å². The highest BCUT2D eigenvalue weighted by atomic mass is 32.2. The third-order valence-corrected chi connectivity index (χ3v) is 3.66. The van der Waals surface area contributed by atoms with Crippen LogP contribution in [0.3, 0.4) is 0 Å². The largest absolute Gasteiger partial charge is 0.481 e. The number of methoxy groups -OCH3 is 1. The number of rotatable bonds is 8. The molecular weight excluding hydrogens is 276 g/mol. The zero-order valence-corrected chi connectivity index (χ0v) is 12.4. The Morgan fingerprint density at radius 3 is 3.15 bits per heavy atom. The van der Waals surface area contributed by atoms with Crippen LogP contribution in [0.1, 0.15) is 12.5 Å². The van der Waals surface area contributed by atoms with Crippen LogP contribution in [-0.4, -0.2) is 45.4 Å². The summed E-state index contributed by atoms with van der Waals surface area (Å²) < 4.78 is 7.03. The highest BCUT2D eigenvalue weighted by Crippen LogP contribution is 2.24. The Balaban J connectivity index is 1.95. The molecule has 0 fully saturated rings. The minimum absolute atomic E-state index is 0.645. The molecule has 0 saturated heterocycles. The summed E-state index contributed by atoms with van der Waals surface area (Å²) in [5, 5.41) is 15.8. The van der Waals surface area contributed by atoms with Crippen LogP contribution in [0.4, 0.5) is 0 Å². The van der Waals surface area contributed by atoms with Gasteiger partial charge >= 0.3 is 0 Å². The second-order valence-electron chi connectivity index (χ2n) is 4.00. The maximum Gasteiger partial charge on any atom is 0.217 e. The van der Waals surface area contributed by atoms with E-state index in [0.717, 1.165) is 36.1 Å². The lowest BCUT2D eigenvalue weighted by Crippen LogP contribution is -2.20. The topological polar surface area (TPSA) is 77.8 Å². The van der Waals surface area contributed by atoms with Gasteiger partial charge in [-0.05, 0) is 23.0 Å². The van der Waals surface area contributed by atoms with Crippen LogP contribution in [-0.2, 0) is 12.3 Å². The van der Waals surface area contributed by atoms with E-state index < -0.39 is 0 Å². The molecule has 1 N–H and O–H groups in total. The molecule has 20 heavy (non-hydrogen) atoms. The van der Waals surface area contributed by atoms with Crippen molar-refractivity contribution in [3.8, 4) is 5.88 Å². The Hall–Kier alpha value is -1.67. The van der Waals surface area contributed by atoms with Crippen LogP contribution < -0.4 is 10.1 Å². The van der Waals surface area contributed by atoms with Crippen molar-refractivity contribution in [2.24, 2.45) is 0 Å². The Kier molecular flexibility index (Phi) is 5.75. The summed E-state index contributed by atoms with van der Waals surface area (Å²) in [5.74, 6) is 1.37. The first-order valence-corrected chi connectivity index (χ1v) is 7.41. The van der Waals surface area contributed by atoms with Crippen LogP contribution in [0.5, 0.6) is 5.88 Å². The Bertz CT molecular complexity index is 532. The average Bonchev–Trinajstić information content (AvgIpc) is 2.93. The van der Waals surface area contributed by atoms with Gasteiger partial charge in [0.05, 0.1) is 13.7 Å². The molecule has 0 saturated carbocycles. The normalized spacial score (nSPS) is 10.7. The van der Waals surface area contributed by atoms with Crippen molar-refractivity contribution in [2.45, 2.75) is 24.4 Å². The van der Waals surface area contributed by atoms with Gasteiger partial charge < -0.3 is 10.1 Å². The van der Waals surface area contributed by atoms with E-state index >= 15 is 0 Å². The van der Waals surface area contributed by atoms with Gasteiger partial charge in [0, 0.05) is 24.1 Å². The van der Waals surface area contributed by atoms with Crippen molar-refractivity contribution in [3.05, 3.63) is 23.9 Å². The second-order valence-corrected chi connectivity index (χ2v) is 4.94. The monoisotopic (exact) mass is 294 g/mol. The standard InChI is InChI=1S/C12H18N6OS/c1-3-13-7-8-18-12(15-16-17-18)20-9-10-5-4-6-14-11(10)19-2/h4-6,13H,3,7-9H2,1-2H3. The fourth-order valence-electron chi connectivity index (χ4n) is 1.66. The van der Waals surface area contributed by atoms with Crippen LogP contribution >= 0.6 is 11.8 Å². The quantitative estimate of drug-likeness (QED) is 0.574. The second kappa shape index (κ2) is 7.81. The first-order chi connectivity index (χ1) is 9.85. The fourth-order valence-corrected chi connectivity index (χ4v) is 2.54. The van der Waals surface area contributed by atoms with Crippen LogP contribution in [0, 0.1) is 0 Å². The fraction of sp³-hybridized carbons (Fsp3) is 0.500. The molecule has 2 rings (SSSR count). The van der Waals surface area contributed by atoms with E-state index in [4.69, 9.17) is 4.74 Å². The number of hydrogen-bond acceptors (Lipinski definition) is 7. The lowest BCUT2D eigenvalue weighted by atomic mass is 10.3. The minimum atomic E-state index is 0.645. The summed E-state index contributed by atoms with van der Waals surface area (Å²) in [6, 6.07) is 3.89. The Morgan fingerprint density at radius 2 is 2.35 bits per heavy atom. The first-order valence-electron chi connectivity index (χ1n) is 6.42. The van der Waals surface area contributed by atoms with Crippen molar-refractivity contribution in [1.29, 1.82) is 0 Å². The molecule has 0 aliphatic rings. The third-order valence-electron chi connectivity index (χ3n) is 2.65. The number of hydrogen-bond donors (Lipinski definition) is 1. The van der Waals surface area contributed by atoms with E-state index in [1.54, 1.807) is 29.8 Å². The van der Waals surface area contributed by atoms with Crippen molar-refractivity contribution < 1.29 is 4.74 Å². The van der Waals surface area contributed by atoms with Gasteiger partial charge in [0.15, 0.2) is 0 Å². The van der Waals surface area contributed by atoms with Gasteiger partial charge in [-0.15, -0.1) is 5.10 Å². The molecule has 108 valence electrons. The predicted octanol–water partition coefficient (Wildman–Crippen LogP) is 0.978. The van der Waals surface area contributed by atoms with E-state index in [1.165, 1.54) is 0 Å². The number of thioether (sulfide) groups is 1. The van der Waals surface area contributed by atoms with Gasteiger partial charge in [-0.2, -0.15) is 0 Å². The number of aromatic nitrogens is 5. The molecule has 0 spiro atoms. The summed E-state index contributed by atoms with van der Waals surface area (Å²) in [5.41, 5.74) is 1.03. The van der Waals surface area contributed by atoms with Gasteiger partial charge in [0.1, 0.15) is 0 Å². The SMILES string of the molecule is CCNCCn1nnnc1SCc1cccnc1OC. The summed E-state index contributed by atoms with van der Waals surface area (Å²) in [6.45, 7) is 4.63. The molecule has 8 heteroatoms. The molecule has 0 amide bonds. The van der Waals surface area contributed by atoms with E-state index in [-0.39, 0.29) is 0 Å². The van der Waals surface area contributed by atoms with Crippen molar-refractivity contribution in [3.63, 3.8) is 0 Å². The van der Waals surface area contributed by atoms with Crippen LogP contribution in [0.15, 0.2) is 23.5 Å². The zero-order chi connectivity index (χ0) is 14.2. The van der Waals surface area contributed by atoms with Gasteiger partial charge in [-0.3, -0.25) is 0 Å². The molecule has 0 aliphatic heterocycles. The molecule has 0 unspecified atom stereocenters. The molecule has 0 aromatic carbocycles. The Labute approximate surface area is 122 Å². The molecular formula is C12H18N6OS. The molecule has 0 bridgehead atoms. The van der Waals surface area contributed by atoms with Crippen molar-refractivity contribution in [2.75, 3.05) is 20.2 Å². The Morgan fingerprint density at radius 1 is 1.45 bits per heavy atom. The van der Waals surface area contributed by atoms with E-state index in [9.17, 15) is 0 Å². The van der Waals surface area contributed by atoms with E-state index in [1.807, 2.05) is 12.1 Å². The van der Waals surface area contributed by atoms with E-state index in [0.29, 0.717) is 5.88 Å². The highest BCUT2D eigenvalue weighted by Gasteiger charge is 2.09. The van der Waals surface area contributed by atoms with Crippen LogP contribution in [0.2, 0.25) is 0 Å². The summed E-state index contributed by atoms with van der Waals surface area (Å²) in [7, 11) is 1.62. The summed E-state index contributed by atoms with van der Waals surface area (Å²) in [4.78, 5) is 4.18. The van der Waals surface area contributed by atoms with Crippen molar-refractivity contribution in [1.82, 2.24) is 30.5 Å². The maximum atomic E-state index is 5.23. The summed E-state index contributed by atoms with van der Waals surface area (Å²) in [6.07, 6.45) is 1.72. The molecule has 2 aromatic rings. The van der Waals surface area contributed by atoms with E-state index in [2.05, 4.69) is 32.7 Å². The number of likely N-dealkylation sites (N-methyl/N-ethyl adjacent to an activating group) is 1. The summed E-state index contributed by atoms with van der Waals surface area (Å²) >= 11 is 1.57. The number of nitrogens with zero attached hydrogens (tertiary/aromatic N) is 5. The van der Waals surface area contributed by atoms with Gasteiger partial charge in [0.2, 0.25) is 11.0 Å². The lowest BCUT2D eigenvalue weighted by molar-refractivity contribution is 0.394. The lowest BCUT2D eigenvalue weighted by Gasteiger charge is -2.07. The smallest absolute Gasteiger partial charge is 0.217 e. The molecule has 2 aromatic heterocycles. The van der Waals surface area contributed by atoms with Crippen molar-refractivity contribution >= 4 is 11.8 Å². The first kappa shape index (κ1) is 14.7. The average molecular weight is 294 g/mol. The molecule has 0 radical (unpaired) electrons. The third kappa shape index (κ3) is 3.91. The molecule has 0 atom stereocenters.